The van der Waals surface area contributed by atoms with Gasteiger partial charge in [-0.15, -0.1) is 0 Å². The molecule has 1 aliphatic heterocycles. The summed E-state index contributed by atoms with van der Waals surface area (Å²) in [4.78, 5) is 53.0. The molecule has 2 atom stereocenters. The number of nitrogens with one attached hydrogen (secondary N) is 2. The third-order valence-electron chi connectivity index (χ3n) is 6.24. The third-order valence-corrected chi connectivity index (χ3v) is 6.24. The number of benzene rings is 1. The van der Waals surface area contributed by atoms with E-state index >= 15 is 0 Å². The Hall–Kier alpha value is -3.16. The van der Waals surface area contributed by atoms with Crippen molar-refractivity contribution in [3.63, 3.8) is 0 Å². The number of carbonyl (C=O) groups excluding carboxylic acids is 4. The van der Waals surface area contributed by atoms with Gasteiger partial charge in [0.1, 0.15) is 11.6 Å². The Morgan fingerprint density at radius 1 is 1.11 bits per heavy atom. The maximum atomic E-state index is 13.1. The van der Waals surface area contributed by atoms with Gasteiger partial charge in [-0.3, -0.25) is 19.2 Å². The molecule has 2 N–H and O–H groups in total. The molecule has 1 aromatic heterocycles. The number of ketones is 1. The van der Waals surface area contributed by atoms with E-state index in [-0.39, 0.29) is 29.9 Å². The zero-order valence-electron chi connectivity index (χ0n) is 21.1. The van der Waals surface area contributed by atoms with Gasteiger partial charge in [0.15, 0.2) is 11.5 Å². The van der Waals surface area contributed by atoms with Gasteiger partial charge >= 0.3 is 0 Å². The van der Waals surface area contributed by atoms with Crippen LogP contribution >= 0.6 is 0 Å². The van der Waals surface area contributed by atoms with Crippen LogP contribution < -0.4 is 10.6 Å². The highest BCUT2D eigenvalue weighted by atomic mass is 16.3. The summed E-state index contributed by atoms with van der Waals surface area (Å²) in [7, 11) is 0. The lowest BCUT2D eigenvalue weighted by molar-refractivity contribution is -0.135. The Kier molecular flexibility index (Phi) is 9.07. The average Bonchev–Trinajstić information content (AvgIpc) is 3.16. The van der Waals surface area contributed by atoms with Crippen LogP contribution in [0.15, 0.2) is 34.7 Å². The number of carbonyl (C=O) groups is 4. The largest absolute Gasteiger partial charge is 0.451 e. The van der Waals surface area contributed by atoms with Gasteiger partial charge < -0.3 is 20.0 Å². The van der Waals surface area contributed by atoms with E-state index in [9.17, 15) is 19.2 Å². The fourth-order valence-electron chi connectivity index (χ4n) is 4.26. The number of furan rings is 1. The van der Waals surface area contributed by atoms with Gasteiger partial charge in [0.2, 0.25) is 11.8 Å². The number of likely N-dealkylation sites (tertiary alicyclic amines) is 1. The molecule has 35 heavy (non-hydrogen) atoms. The van der Waals surface area contributed by atoms with E-state index in [4.69, 9.17) is 4.42 Å². The second-order valence-corrected chi connectivity index (χ2v) is 10.2. The zero-order chi connectivity index (χ0) is 25.5. The molecule has 1 unspecified atom stereocenters. The SMILES string of the molecule is CC(C)CCC(=O)N1CCCC(NC(=O)[C@H](CC(C)C)NC(=O)c2cc3ccccc3o2)C(=O)C1. The molecule has 0 saturated carbocycles. The highest BCUT2D eigenvalue weighted by Gasteiger charge is 2.31. The molecular formula is C27H37N3O5. The highest BCUT2D eigenvalue weighted by molar-refractivity contribution is 5.99. The molecule has 1 saturated heterocycles. The minimum atomic E-state index is -0.810. The minimum absolute atomic E-state index is 0.00205. The van der Waals surface area contributed by atoms with Crippen LogP contribution in [0.25, 0.3) is 11.0 Å². The van der Waals surface area contributed by atoms with Gasteiger partial charge in [-0.05, 0) is 49.7 Å². The first-order chi connectivity index (χ1) is 16.6. The van der Waals surface area contributed by atoms with Gasteiger partial charge in [-0.2, -0.15) is 0 Å². The first-order valence-electron chi connectivity index (χ1n) is 12.5. The minimum Gasteiger partial charge on any atom is -0.451 e. The van der Waals surface area contributed by atoms with Crippen LogP contribution in [0.1, 0.15) is 70.4 Å². The van der Waals surface area contributed by atoms with Crippen molar-refractivity contribution < 1.29 is 23.6 Å². The van der Waals surface area contributed by atoms with Crippen molar-refractivity contribution in [2.45, 2.75) is 71.9 Å². The maximum Gasteiger partial charge on any atom is 0.287 e. The van der Waals surface area contributed by atoms with Crippen molar-refractivity contribution >= 4 is 34.5 Å². The molecular weight excluding hydrogens is 446 g/mol. The maximum absolute atomic E-state index is 13.1. The smallest absolute Gasteiger partial charge is 0.287 e. The van der Waals surface area contributed by atoms with Crippen LogP contribution in [0, 0.1) is 11.8 Å². The Balaban J connectivity index is 1.63. The van der Waals surface area contributed by atoms with Crippen LogP contribution in [0.2, 0.25) is 0 Å². The van der Waals surface area contributed by atoms with E-state index in [1.807, 2.05) is 32.0 Å². The number of hydrogen-bond acceptors (Lipinski definition) is 5. The van der Waals surface area contributed by atoms with E-state index in [0.29, 0.717) is 43.7 Å². The fourth-order valence-corrected chi connectivity index (χ4v) is 4.26. The van der Waals surface area contributed by atoms with Crippen molar-refractivity contribution in [3.8, 4) is 0 Å². The number of nitrogens with zero attached hydrogens (tertiary/aromatic N) is 1. The Bertz CT molecular complexity index is 1030. The average molecular weight is 484 g/mol. The molecule has 190 valence electrons. The van der Waals surface area contributed by atoms with E-state index in [2.05, 4.69) is 24.5 Å². The highest BCUT2D eigenvalue weighted by Crippen LogP contribution is 2.19. The molecule has 8 nitrogen and oxygen atoms in total. The molecule has 3 amide bonds. The molecule has 8 heteroatoms. The number of amides is 3. The predicted molar refractivity (Wildman–Crippen MR) is 134 cm³/mol. The Morgan fingerprint density at radius 2 is 1.86 bits per heavy atom. The van der Waals surface area contributed by atoms with Crippen LogP contribution in [0.4, 0.5) is 0 Å². The van der Waals surface area contributed by atoms with Gasteiger partial charge in [-0.1, -0.05) is 45.9 Å². The summed E-state index contributed by atoms with van der Waals surface area (Å²) in [5.74, 6) is -0.386. The molecule has 0 bridgehead atoms. The van der Waals surface area contributed by atoms with Crippen molar-refractivity contribution in [1.29, 1.82) is 0 Å². The van der Waals surface area contributed by atoms with Crippen LogP contribution in [0.5, 0.6) is 0 Å². The van der Waals surface area contributed by atoms with Crippen molar-refractivity contribution in [1.82, 2.24) is 15.5 Å². The topological polar surface area (TPSA) is 109 Å². The quantitative estimate of drug-likeness (QED) is 0.565. The van der Waals surface area contributed by atoms with E-state index < -0.39 is 23.9 Å². The summed E-state index contributed by atoms with van der Waals surface area (Å²) in [6, 6.07) is 7.47. The fraction of sp³-hybridized carbons (Fsp3) is 0.556. The summed E-state index contributed by atoms with van der Waals surface area (Å²) in [5.41, 5.74) is 0.596. The molecule has 1 fully saturated rings. The van der Waals surface area contributed by atoms with Gasteiger partial charge in [0.25, 0.3) is 5.91 Å². The number of Topliss-reactive ketones (excluding diaryl/α,β-unsaturated/α-hetero) is 1. The normalized spacial score (nSPS) is 17.5. The predicted octanol–water partition coefficient (Wildman–Crippen LogP) is 3.69. The van der Waals surface area contributed by atoms with Crippen molar-refractivity contribution in [3.05, 3.63) is 36.1 Å². The van der Waals surface area contributed by atoms with Crippen LogP contribution in [0.3, 0.4) is 0 Å². The van der Waals surface area contributed by atoms with E-state index in [1.54, 1.807) is 17.0 Å². The molecule has 0 radical (unpaired) electrons. The second-order valence-electron chi connectivity index (χ2n) is 10.2. The van der Waals surface area contributed by atoms with Gasteiger partial charge in [0.05, 0.1) is 12.6 Å². The molecule has 2 heterocycles. The zero-order valence-corrected chi connectivity index (χ0v) is 21.1. The number of para-hydroxylation sites is 1. The van der Waals surface area contributed by atoms with Crippen molar-refractivity contribution in [2.24, 2.45) is 11.8 Å². The third kappa shape index (κ3) is 7.41. The number of fused-ring (bicyclic) bond motifs is 1. The van der Waals surface area contributed by atoms with Crippen LogP contribution in [-0.4, -0.2) is 53.6 Å². The summed E-state index contributed by atoms with van der Waals surface area (Å²) >= 11 is 0. The summed E-state index contributed by atoms with van der Waals surface area (Å²) in [6.45, 7) is 8.56. The monoisotopic (exact) mass is 483 g/mol. The first-order valence-corrected chi connectivity index (χ1v) is 12.5. The van der Waals surface area contributed by atoms with Gasteiger partial charge in [0, 0.05) is 18.4 Å². The first kappa shape index (κ1) is 26.4. The molecule has 2 aromatic rings. The lowest BCUT2D eigenvalue weighted by atomic mass is 10.0. The molecule has 3 rings (SSSR count). The second kappa shape index (κ2) is 12.0. The van der Waals surface area contributed by atoms with Crippen molar-refractivity contribution in [2.75, 3.05) is 13.1 Å². The summed E-state index contributed by atoms with van der Waals surface area (Å²) in [6.07, 6.45) is 2.71. The summed E-state index contributed by atoms with van der Waals surface area (Å²) < 4.78 is 5.63. The Labute approximate surface area is 206 Å². The standard InChI is InChI=1S/C27H37N3O5/c1-17(2)11-12-25(32)30-13-7-9-20(22(31)16-30)28-26(33)21(14-18(3)4)29-27(34)24-15-19-8-5-6-10-23(19)35-24/h5-6,8,10,15,17-18,20-21H,7,9,11-14,16H2,1-4H3,(H,28,33)(H,29,34)/t20?,21-/m0/s1. The van der Waals surface area contributed by atoms with Crippen LogP contribution in [-0.2, 0) is 14.4 Å². The number of hydrogen-bond donors (Lipinski definition) is 2. The van der Waals surface area contributed by atoms with Gasteiger partial charge in [-0.25, -0.2) is 0 Å². The molecule has 0 aliphatic carbocycles. The lowest BCUT2D eigenvalue weighted by Gasteiger charge is -2.23. The summed E-state index contributed by atoms with van der Waals surface area (Å²) in [5, 5.41) is 6.42. The molecule has 1 aromatic carbocycles. The Morgan fingerprint density at radius 3 is 2.54 bits per heavy atom. The van der Waals surface area contributed by atoms with E-state index in [1.165, 1.54) is 0 Å². The molecule has 1 aliphatic rings. The van der Waals surface area contributed by atoms with E-state index in [0.717, 1.165) is 11.8 Å². The number of rotatable bonds is 9. The lowest BCUT2D eigenvalue weighted by Crippen LogP contribution is -2.52. The molecule has 0 spiro atoms.